The molecule has 0 spiro atoms. The van der Waals surface area contributed by atoms with Crippen molar-refractivity contribution in [3.63, 3.8) is 0 Å². The smallest absolute Gasteiger partial charge is 0.238 e. The van der Waals surface area contributed by atoms with Crippen LogP contribution in [0.4, 0.5) is 5.69 Å². The number of para-hydroxylation sites is 1. The monoisotopic (exact) mass is 287 g/mol. The fourth-order valence-corrected chi connectivity index (χ4v) is 2.36. The zero-order valence-electron chi connectivity index (χ0n) is 12.9. The largest absolute Gasteiger partial charge is 0.361 e. The van der Waals surface area contributed by atoms with Gasteiger partial charge in [-0.3, -0.25) is 4.79 Å². The summed E-state index contributed by atoms with van der Waals surface area (Å²) in [7, 11) is 0. The number of amides is 1. The minimum atomic E-state index is -0.0667. The van der Waals surface area contributed by atoms with E-state index in [2.05, 4.69) is 15.8 Å². The lowest BCUT2D eigenvalue weighted by Gasteiger charge is -2.14. The predicted octanol–water partition coefficient (Wildman–Crippen LogP) is 2.89. The normalized spacial score (nSPS) is 12.2. The molecule has 5 nitrogen and oxygen atoms in total. The lowest BCUT2D eigenvalue weighted by molar-refractivity contribution is -0.115. The van der Waals surface area contributed by atoms with Crippen molar-refractivity contribution >= 4 is 11.6 Å². The van der Waals surface area contributed by atoms with Gasteiger partial charge in [0.25, 0.3) is 0 Å². The van der Waals surface area contributed by atoms with Gasteiger partial charge in [-0.15, -0.1) is 0 Å². The van der Waals surface area contributed by atoms with Gasteiger partial charge in [-0.05, 0) is 39.3 Å². The number of carbonyl (C=O) groups is 1. The number of hydrogen-bond donors (Lipinski definition) is 2. The van der Waals surface area contributed by atoms with Gasteiger partial charge in [-0.2, -0.15) is 0 Å². The molecule has 0 radical (unpaired) electrons. The SMILES string of the molecule is Cc1ccccc1NC(=O)CNC(C)c1c(C)noc1C. The van der Waals surface area contributed by atoms with E-state index in [9.17, 15) is 4.79 Å². The zero-order valence-corrected chi connectivity index (χ0v) is 12.9. The Hall–Kier alpha value is -2.14. The number of aryl methyl sites for hydroxylation is 3. The van der Waals surface area contributed by atoms with E-state index in [1.165, 1.54) is 0 Å². The minimum Gasteiger partial charge on any atom is -0.361 e. The molecule has 21 heavy (non-hydrogen) atoms. The summed E-state index contributed by atoms with van der Waals surface area (Å²) in [6, 6.07) is 7.73. The first-order valence-electron chi connectivity index (χ1n) is 7.00. The Morgan fingerprint density at radius 2 is 2.00 bits per heavy atom. The molecule has 0 bridgehead atoms. The van der Waals surface area contributed by atoms with Crippen LogP contribution in [0.15, 0.2) is 28.8 Å². The number of carbonyl (C=O) groups excluding carboxylic acids is 1. The minimum absolute atomic E-state index is 0.0128. The van der Waals surface area contributed by atoms with E-state index < -0.39 is 0 Å². The quantitative estimate of drug-likeness (QED) is 0.887. The van der Waals surface area contributed by atoms with Crippen LogP contribution in [0.2, 0.25) is 0 Å². The second-order valence-electron chi connectivity index (χ2n) is 5.20. The van der Waals surface area contributed by atoms with Gasteiger partial charge in [0.1, 0.15) is 5.76 Å². The molecule has 1 unspecified atom stereocenters. The zero-order chi connectivity index (χ0) is 15.4. The number of nitrogens with zero attached hydrogens (tertiary/aromatic N) is 1. The topological polar surface area (TPSA) is 67.2 Å². The highest BCUT2D eigenvalue weighted by Crippen LogP contribution is 2.20. The van der Waals surface area contributed by atoms with Crippen molar-refractivity contribution in [1.29, 1.82) is 0 Å². The molecule has 0 fully saturated rings. The molecule has 0 saturated carbocycles. The number of hydrogen-bond acceptors (Lipinski definition) is 4. The van der Waals surface area contributed by atoms with E-state index in [0.717, 1.165) is 28.3 Å². The molecule has 112 valence electrons. The summed E-state index contributed by atoms with van der Waals surface area (Å²) >= 11 is 0. The Morgan fingerprint density at radius 3 is 2.62 bits per heavy atom. The van der Waals surface area contributed by atoms with Crippen LogP contribution in [-0.4, -0.2) is 17.6 Å². The number of rotatable bonds is 5. The molecule has 0 aliphatic carbocycles. The molecule has 1 amide bonds. The first-order valence-corrected chi connectivity index (χ1v) is 7.00. The third-order valence-corrected chi connectivity index (χ3v) is 3.51. The Bertz CT molecular complexity index is 615. The van der Waals surface area contributed by atoms with Gasteiger partial charge < -0.3 is 15.2 Å². The van der Waals surface area contributed by atoms with Gasteiger partial charge >= 0.3 is 0 Å². The Morgan fingerprint density at radius 1 is 1.29 bits per heavy atom. The molecule has 1 aromatic carbocycles. The number of benzene rings is 1. The van der Waals surface area contributed by atoms with E-state index in [4.69, 9.17) is 4.52 Å². The van der Waals surface area contributed by atoms with Crippen molar-refractivity contribution in [1.82, 2.24) is 10.5 Å². The molecule has 1 atom stereocenters. The summed E-state index contributed by atoms with van der Waals surface area (Å²) < 4.78 is 5.14. The molecule has 1 aromatic heterocycles. The van der Waals surface area contributed by atoms with Gasteiger partial charge in [-0.1, -0.05) is 23.4 Å². The van der Waals surface area contributed by atoms with Crippen LogP contribution < -0.4 is 10.6 Å². The van der Waals surface area contributed by atoms with Crippen LogP contribution in [0.1, 0.15) is 35.5 Å². The third kappa shape index (κ3) is 3.70. The first kappa shape index (κ1) is 15.3. The third-order valence-electron chi connectivity index (χ3n) is 3.51. The van der Waals surface area contributed by atoms with E-state index >= 15 is 0 Å². The summed E-state index contributed by atoms with van der Waals surface area (Å²) in [5.74, 6) is 0.717. The van der Waals surface area contributed by atoms with Gasteiger partial charge in [0.15, 0.2) is 0 Å². The Balaban J connectivity index is 1.91. The van der Waals surface area contributed by atoms with Gasteiger partial charge in [0.2, 0.25) is 5.91 Å². The lowest BCUT2D eigenvalue weighted by Crippen LogP contribution is -2.30. The molecule has 1 heterocycles. The second kappa shape index (κ2) is 6.54. The van der Waals surface area contributed by atoms with Crippen LogP contribution in [0.3, 0.4) is 0 Å². The van der Waals surface area contributed by atoms with Crippen molar-refractivity contribution in [2.24, 2.45) is 0 Å². The van der Waals surface area contributed by atoms with Crippen LogP contribution in [0.5, 0.6) is 0 Å². The number of anilines is 1. The van der Waals surface area contributed by atoms with E-state index in [1.807, 2.05) is 52.0 Å². The molecular formula is C16H21N3O2. The molecular weight excluding hydrogens is 266 g/mol. The highest BCUT2D eigenvalue weighted by molar-refractivity contribution is 5.92. The summed E-state index contributed by atoms with van der Waals surface area (Å²) in [6.45, 7) is 7.97. The molecule has 2 N–H and O–H groups in total. The van der Waals surface area contributed by atoms with Crippen LogP contribution in [0.25, 0.3) is 0 Å². The molecule has 0 aliphatic heterocycles. The standard InChI is InChI=1S/C16H21N3O2/c1-10-7-5-6-8-14(10)18-15(20)9-17-11(2)16-12(3)19-21-13(16)4/h5-8,11,17H,9H2,1-4H3,(H,18,20). The van der Waals surface area contributed by atoms with Gasteiger partial charge in [0.05, 0.1) is 12.2 Å². The molecule has 0 saturated heterocycles. The fraction of sp³-hybridized carbons (Fsp3) is 0.375. The lowest BCUT2D eigenvalue weighted by atomic mass is 10.1. The van der Waals surface area contributed by atoms with E-state index in [0.29, 0.717) is 0 Å². The van der Waals surface area contributed by atoms with Crippen LogP contribution >= 0.6 is 0 Å². The summed E-state index contributed by atoms with van der Waals surface area (Å²) in [5.41, 5.74) is 3.75. The molecule has 0 aliphatic rings. The Kier molecular flexibility index (Phi) is 4.75. The van der Waals surface area contributed by atoms with Crippen molar-refractivity contribution in [2.45, 2.75) is 33.7 Å². The van der Waals surface area contributed by atoms with Gasteiger partial charge in [0, 0.05) is 17.3 Å². The van der Waals surface area contributed by atoms with E-state index in [-0.39, 0.29) is 18.5 Å². The molecule has 2 rings (SSSR count). The van der Waals surface area contributed by atoms with Crippen molar-refractivity contribution < 1.29 is 9.32 Å². The predicted molar refractivity (Wildman–Crippen MR) is 82.2 cm³/mol. The average molecular weight is 287 g/mol. The number of nitrogens with one attached hydrogen (secondary N) is 2. The van der Waals surface area contributed by atoms with Crippen molar-refractivity contribution in [3.05, 3.63) is 46.8 Å². The van der Waals surface area contributed by atoms with E-state index in [1.54, 1.807) is 0 Å². The molecule has 2 aromatic rings. The van der Waals surface area contributed by atoms with Gasteiger partial charge in [-0.25, -0.2) is 0 Å². The first-order chi connectivity index (χ1) is 9.99. The summed E-state index contributed by atoms with van der Waals surface area (Å²) in [6.07, 6.45) is 0. The Labute approximate surface area is 124 Å². The maximum absolute atomic E-state index is 12.0. The maximum atomic E-state index is 12.0. The van der Waals surface area contributed by atoms with Crippen LogP contribution in [-0.2, 0) is 4.79 Å². The van der Waals surface area contributed by atoms with Crippen molar-refractivity contribution in [2.75, 3.05) is 11.9 Å². The summed E-state index contributed by atoms with van der Waals surface area (Å²) in [4.78, 5) is 12.0. The van der Waals surface area contributed by atoms with Crippen molar-refractivity contribution in [3.8, 4) is 0 Å². The molecule has 5 heteroatoms. The van der Waals surface area contributed by atoms with Crippen LogP contribution in [0, 0.1) is 20.8 Å². The fourth-order valence-electron chi connectivity index (χ4n) is 2.36. The average Bonchev–Trinajstić information content (AvgIpc) is 2.78. The number of aromatic nitrogens is 1. The summed E-state index contributed by atoms with van der Waals surface area (Å²) in [5, 5.41) is 10.0. The maximum Gasteiger partial charge on any atom is 0.238 e. The highest BCUT2D eigenvalue weighted by atomic mass is 16.5. The second-order valence-corrected chi connectivity index (χ2v) is 5.20. The highest BCUT2D eigenvalue weighted by Gasteiger charge is 2.16.